The van der Waals surface area contributed by atoms with Gasteiger partial charge in [0.1, 0.15) is 0 Å². The molecule has 2 rings (SSSR count). The highest BCUT2D eigenvalue weighted by atomic mass is 35.5. The van der Waals surface area contributed by atoms with Crippen molar-refractivity contribution in [2.45, 2.75) is 26.2 Å². The lowest BCUT2D eigenvalue weighted by atomic mass is 10.1. The Morgan fingerprint density at radius 2 is 1.71 bits per heavy atom. The largest absolute Gasteiger partial charge is 0.457 e. The fourth-order valence-corrected chi connectivity index (χ4v) is 3.36. The number of ketones is 2. The molecule has 0 bridgehead atoms. The van der Waals surface area contributed by atoms with E-state index in [1.165, 1.54) is 6.92 Å². The van der Waals surface area contributed by atoms with Gasteiger partial charge in [-0.1, -0.05) is 35.9 Å². The second-order valence-electron chi connectivity index (χ2n) is 6.04. The molecule has 1 aromatic carbocycles. The van der Waals surface area contributed by atoms with Crippen molar-refractivity contribution in [3.8, 4) is 0 Å². The van der Waals surface area contributed by atoms with E-state index < -0.39 is 5.97 Å². The predicted molar refractivity (Wildman–Crippen MR) is 107 cm³/mol. The summed E-state index contributed by atoms with van der Waals surface area (Å²) in [6, 6.07) is 10.1. The first kappa shape index (κ1) is 21.8. The van der Waals surface area contributed by atoms with Crippen LogP contribution in [0.4, 0.5) is 0 Å². The molecule has 0 saturated heterocycles. The van der Waals surface area contributed by atoms with Gasteiger partial charge in [0.2, 0.25) is 5.91 Å². The molecule has 0 spiro atoms. The van der Waals surface area contributed by atoms with E-state index in [0.717, 1.165) is 16.9 Å². The molecule has 0 saturated carbocycles. The molecule has 6 nitrogen and oxygen atoms in total. The third kappa shape index (κ3) is 7.25. The van der Waals surface area contributed by atoms with Gasteiger partial charge in [0.15, 0.2) is 18.2 Å². The number of Topliss-reactive ketones (excluding diaryl/α,β-unsaturated/α-hetero) is 2. The van der Waals surface area contributed by atoms with E-state index in [9.17, 15) is 19.2 Å². The minimum atomic E-state index is -0.601. The third-order valence-electron chi connectivity index (χ3n) is 3.83. The standard InChI is InChI=1S/C20H20ClNO5S/c1-13(23)22-11-10-14-2-4-15(5-3-14)17(25)12-27-20(26)9-6-16(24)18-7-8-19(21)28-18/h2-5,7-8H,6,9-12H2,1H3,(H,22,23). The van der Waals surface area contributed by atoms with Crippen LogP contribution in [-0.4, -0.2) is 36.6 Å². The number of carbonyl (C=O) groups is 4. The van der Waals surface area contributed by atoms with Crippen LogP contribution in [0.2, 0.25) is 4.34 Å². The monoisotopic (exact) mass is 421 g/mol. The molecule has 0 aliphatic carbocycles. The average Bonchev–Trinajstić information content (AvgIpc) is 3.11. The molecular weight excluding hydrogens is 402 g/mol. The first-order valence-corrected chi connectivity index (χ1v) is 9.85. The number of nitrogens with one attached hydrogen (secondary N) is 1. The normalized spacial score (nSPS) is 10.4. The summed E-state index contributed by atoms with van der Waals surface area (Å²) in [5.74, 6) is -1.20. The van der Waals surface area contributed by atoms with Crippen LogP contribution in [-0.2, 0) is 20.7 Å². The summed E-state index contributed by atoms with van der Waals surface area (Å²) in [7, 11) is 0. The van der Waals surface area contributed by atoms with Crippen LogP contribution in [0.3, 0.4) is 0 Å². The Bertz CT molecular complexity index is 860. The molecule has 0 aliphatic rings. The van der Waals surface area contributed by atoms with Gasteiger partial charge in [-0.05, 0) is 24.1 Å². The number of benzene rings is 1. The quantitative estimate of drug-likeness (QED) is 0.468. The van der Waals surface area contributed by atoms with Crippen LogP contribution in [0.5, 0.6) is 0 Å². The molecule has 1 aromatic heterocycles. The Morgan fingerprint density at radius 1 is 1.00 bits per heavy atom. The van der Waals surface area contributed by atoms with E-state index in [0.29, 0.717) is 27.7 Å². The Hall–Kier alpha value is -2.51. The lowest BCUT2D eigenvalue weighted by Gasteiger charge is -2.06. The van der Waals surface area contributed by atoms with Gasteiger partial charge < -0.3 is 10.1 Å². The highest BCUT2D eigenvalue weighted by molar-refractivity contribution is 7.18. The van der Waals surface area contributed by atoms with Crippen LogP contribution < -0.4 is 5.32 Å². The lowest BCUT2D eigenvalue weighted by molar-refractivity contribution is -0.142. The van der Waals surface area contributed by atoms with Gasteiger partial charge in [-0.3, -0.25) is 19.2 Å². The van der Waals surface area contributed by atoms with Crippen LogP contribution in [0.15, 0.2) is 36.4 Å². The summed E-state index contributed by atoms with van der Waals surface area (Å²) in [6.07, 6.45) is 0.573. The van der Waals surface area contributed by atoms with Crippen LogP contribution in [0.25, 0.3) is 0 Å². The molecule has 1 heterocycles. The second kappa shape index (κ2) is 10.7. The van der Waals surface area contributed by atoms with E-state index in [2.05, 4.69) is 5.32 Å². The van der Waals surface area contributed by atoms with E-state index in [4.69, 9.17) is 16.3 Å². The van der Waals surface area contributed by atoms with E-state index in [1.54, 1.807) is 36.4 Å². The van der Waals surface area contributed by atoms with Crippen molar-refractivity contribution < 1.29 is 23.9 Å². The maximum Gasteiger partial charge on any atom is 0.306 e. The zero-order chi connectivity index (χ0) is 20.5. The van der Waals surface area contributed by atoms with Crippen molar-refractivity contribution in [1.82, 2.24) is 5.32 Å². The number of hydrogen-bond acceptors (Lipinski definition) is 6. The van der Waals surface area contributed by atoms with E-state index in [1.807, 2.05) is 0 Å². The van der Waals surface area contributed by atoms with Crippen LogP contribution in [0, 0.1) is 0 Å². The van der Waals surface area contributed by atoms with Gasteiger partial charge in [0.25, 0.3) is 0 Å². The van der Waals surface area contributed by atoms with Crippen molar-refractivity contribution in [3.63, 3.8) is 0 Å². The number of thiophene rings is 1. The molecular formula is C20H20ClNO5S. The molecule has 0 radical (unpaired) electrons. The number of ether oxygens (including phenoxy) is 1. The maximum atomic E-state index is 12.1. The Kier molecular flexibility index (Phi) is 8.35. The molecule has 0 fully saturated rings. The average molecular weight is 422 g/mol. The maximum absolute atomic E-state index is 12.1. The first-order chi connectivity index (χ1) is 13.3. The van der Waals surface area contributed by atoms with Gasteiger partial charge in [-0.2, -0.15) is 0 Å². The molecule has 28 heavy (non-hydrogen) atoms. The summed E-state index contributed by atoms with van der Waals surface area (Å²) in [5.41, 5.74) is 1.41. The zero-order valence-electron chi connectivity index (χ0n) is 15.3. The zero-order valence-corrected chi connectivity index (χ0v) is 16.9. The molecule has 0 atom stereocenters. The predicted octanol–water partition coefficient (Wildman–Crippen LogP) is 3.47. The van der Waals surface area contributed by atoms with Crippen molar-refractivity contribution in [2.24, 2.45) is 0 Å². The summed E-state index contributed by atoms with van der Waals surface area (Å²) in [5, 5.41) is 2.70. The Morgan fingerprint density at radius 3 is 2.32 bits per heavy atom. The number of rotatable bonds is 10. The van der Waals surface area contributed by atoms with E-state index in [-0.39, 0.29) is 36.9 Å². The highest BCUT2D eigenvalue weighted by Crippen LogP contribution is 2.23. The minimum Gasteiger partial charge on any atom is -0.457 e. The minimum absolute atomic E-state index is 0.00681. The molecule has 1 amide bonds. The van der Waals surface area contributed by atoms with Gasteiger partial charge in [0.05, 0.1) is 15.6 Å². The SMILES string of the molecule is CC(=O)NCCc1ccc(C(=O)COC(=O)CCC(=O)c2ccc(Cl)s2)cc1. The number of esters is 1. The number of carbonyl (C=O) groups excluding carboxylic acids is 4. The third-order valence-corrected chi connectivity index (χ3v) is 5.10. The topological polar surface area (TPSA) is 89.5 Å². The Balaban J connectivity index is 1.72. The number of hydrogen-bond donors (Lipinski definition) is 1. The van der Waals surface area contributed by atoms with Crippen molar-refractivity contribution in [3.05, 3.63) is 56.7 Å². The van der Waals surface area contributed by atoms with Crippen LogP contribution >= 0.6 is 22.9 Å². The van der Waals surface area contributed by atoms with Gasteiger partial charge in [0, 0.05) is 25.5 Å². The highest BCUT2D eigenvalue weighted by Gasteiger charge is 2.14. The fourth-order valence-electron chi connectivity index (χ4n) is 2.34. The molecule has 8 heteroatoms. The lowest BCUT2D eigenvalue weighted by Crippen LogP contribution is -2.22. The smallest absolute Gasteiger partial charge is 0.306 e. The summed E-state index contributed by atoms with van der Waals surface area (Å²) >= 11 is 6.94. The number of halogens is 1. The first-order valence-electron chi connectivity index (χ1n) is 8.66. The summed E-state index contributed by atoms with van der Waals surface area (Å²) in [4.78, 5) is 47.1. The van der Waals surface area contributed by atoms with Crippen LogP contribution in [0.1, 0.15) is 45.4 Å². The van der Waals surface area contributed by atoms with E-state index >= 15 is 0 Å². The molecule has 148 valence electrons. The van der Waals surface area contributed by atoms with Gasteiger partial charge >= 0.3 is 5.97 Å². The second-order valence-corrected chi connectivity index (χ2v) is 7.76. The summed E-state index contributed by atoms with van der Waals surface area (Å²) < 4.78 is 5.47. The van der Waals surface area contributed by atoms with Crippen molar-refractivity contribution in [1.29, 1.82) is 0 Å². The Labute approximate surface area is 171 Å². The summed E-state index contributed by atoms with van der Waals surface area (Å²) in [6.45, 7) is 1.61. The fraction of sp³-hybridized carbons (Fsp3) is 0.300. The van der Waals surface area contributed by atoms with Gasteiger partial charge in [-0.25, -0.2) is 0 Å². The molecule has 2 aromatic rings. The van der Waals surface area contributed by atoms with Crippen molar-refractivity contribution >= 4 is 46.4 Å². The molecule has 0 aliphatic heterocycles. The number of amides is 1. The molecule has 0 unspecified atom stereocenters. The molecule has 1 N–H and O–H groups in total. The van der Waals surface area contributed by atoms with Gasteiger partial charge in [-0.15, -0.1) is 11.3 Å². The van der Waals surface area contributed by atoms with Crippen molar-refractivity contribution in [2.75, 3.05) is 13.2 Å².